The van der Waals surface area contributed by atoms with Crippen LogP contribution in [0.15, 0.2) is 17.5 Å². The molecule has 0 aliphatic heterocycles. The molecule has 1 aromatic carbocycles. The summed E-state index contributed by atoms with van der Waals surface area (Å²) in [6.07, 6.45) is 0. The molecule has 0 amide bonds. The predicted octanol–water partition coefficient (Wildman–Crippen LogP) is 3.05. The van der Waals surface area contributed by atoms with Crippen LogP contribution in [0.4, 0.5) is 0 Å². The molecular formula is C9H7ClO2S. The molecule has 0 aliphatic carbocycles. The Bertz CT molecular complexity index is 450. The Kier molecular flexibility index (Phi) is 2.06. The Balaban J connectivity index is 2.88. The molecule has 2 nitrogen and oxygen atoms in total. The van der Waals surface area contributed by atoms with E-state index in [1.165, 1.54) is 17.4 Å². The van der Waals surface area contributed by atoms with E-state index in [2.05, 4.69) is 0 Å². The molecule has 68 valence electrons. The lowest BCUT2D eigenvalue weighted by Crippen LogP contribution is -1.80. The Morgan fingerprint density at radius 1 is 1.31 bits per heavy atom. The largest absolute Gasteiger partial charge is 0.507 e. The van der Waals surface area contributed by atoms with Crippen LogP contribution in [0, 0.1) is 0 Å². The zero-order valence-corrected chi connectivity index (χ0v) is 8.19. The lowest BCUT2D eigenvalue weighted by Gasteiger charge is -2.03. The van der Waals surface area contributed by atoms with Gasteiger partial charge in [0.25, 0.3) is 0 Å². The van der Waals surface area contributed by atoms with Gasteiger partial charge in [-0.2, -0.15) is 0 Å². The normalized spacial score (nSPS) is 10.8. The highest BCUT2D eigenvalue weighted by Gasteiger charge is 2.10. The fourth-order valence-corrected chi connectivity index (χ4v) is 2.42. The molecule has 2 rings (SSSR count). The summed E-state index contributed by atoms with van der Waals surface area (Å²) in [7, 11) is 0. The lowest BCUT2D eigenvalue weighted by atomic mass is 10.1. The minimum atomic E-state index is 0.0541. The van der Waals surface area contributed by atoms with E-state index in [4.69, 9.17) is 11.6 Å². The van der Waals surface area contributed by atoms with Crippen LogP contribution in [0.3, 0.4) is 0 Å². The highest BCUT2D eigenvalue weighted by molar-refractivity contribution is 7.17. The average Bonchev–Trinajstić information content (AvgIpc) is 2.53. The first-order valence-corrected chi connectivity index (χ1v) is 5.12. The zero-order valence-electron chi connectivity index (χ0n) is 6.62. The van der Waals surface area contributed by atoms with Crippen molar-refractivity contribution in [1.29, 1.82) is 0 Å². The van der Waals surface area contributed by atoms with Crippen molar-refractivity contribution in [2.45, 2.75) is 5.88 Å². The van der Waals surface area contributed by atoms with Gasteiger partial charge in [0.1, 0.15) is 11.5 Å². The van der Waals surface area contributed by atoms with Gasteiger partial charge in [-0.05, 0) is 11.4 Å². The third-order valence-corrected chi connectivity index (χ3v) is 3.14. The van der Waals surface area contributed by atoms with E-state index in [1.54, 1.807) is 0 Å². The smallest absolute Gasteiger partial charge is 0.137 e. The molecule has 0 spiro atoms. The Morgan fingerprint density at radius 2 is 2.08 bits per heavy atom. The van der Waals surface area contributed by atoms with Crippen molar-refractivity contribution >= 4 is 33.0 Å². The Morgan fingerprint density at radius 3 is 2.77 bits per heavy atom. The van der Waals surface area contributed by atoms with Gasteiger partial charge in [0.2, 0.25) is 0 Å². The molecule has 0 unspecified atom stereocenters. The molecular weight excluding hydrogens is 208 g/mol. The second-order valence-electron chi connectivity index (χ2n) is 2.69. The topological polar surface area (TPSA) is 40.5 Å². The van der Waals surface area contributed by atoms with E-state index in [-0.39, 0.29) is 17.4 Å². The summed E-state index contributed by atoms with van der Waals surface area (Å²) in [5, 5.41) is 21.6. The number of phenolic OH excluding ortho intramolecular Hbond substituents is 2. The van der Waals surface area contributed by atoms with E-state index in [9.17, 15) is 10.2 Å². The summed E-state index contributed by atoms with van der Waals surface area (Å²) in [5.41, 5.74) is 0.677. The third kappa shape index (κ3) is 1.24. The van der Waals surface area contributed by atoms with Gasteiger partial charge in [0.05, 0.1) is 10.6 Å². The monoisotopic (exact) mass is 214 g/mol. The molecule has 0 saturated carbocycles. The third-order valence-electron chi connectivity index (χ3n) is 1.94. The first-order chi connectivity index (χ1) is 6.24. The minimum Gasteiger partial charge on any atom is -0.507 e. The number of benzene rings is 1. The van der Waals surface area contributed by atoms with Gasteiger partial charge in [-0.25, -0.2) is 0 Å². The summed E-state index contributed by atoms with van der Waals surface area (Å²) in [6, 6.07) is 3.17. The quantitative estimate of drug-likeness (QED) is 0.717. The maximum absolute atomic E-state index is 9.47. The lowest BCUT2D eigenvalue weighted by molar-refractivity contribution is 0.452. The number of hydrogen-bond acceptors (Lipinski definition) is 3. The standard InChI is InChI=1S/C9H7ClO2S/c10-4-6-5-1-2-13-9(5)8(12)3-7(6)11/h1-3,11-12H,4H2. The maximum Gasteiger partial charge on any atom is 0.137 e. The average molecular weight is 215 g/mol. The van der Waals surface area contributed by atoms with Gasteiger partial charge < -0.3 is 10.2 Å². The number of aromatic hydroxyl groups is 2. The van der Waals surface area contributed by atoms with E-state index < -0.39 is 0 Å². The van der Waals surface area contributed by atoms with Crippen LogP contribution in [-0.4, -0.2) is 10.2 Å². The molecule has 4 heteroatoms. The summed E-state index contributed by atoms with van der Waals surface area (Å²) >= 11 is 7.12. The predicted molar refractivity (Wildman–Crippen MR) is 54.7 cm³/mol. The van der Waals surface area contributed by atoms with Crippen LogP contribution >= 0.6 is 22.9 Å². The fourth-order valence-electron chi connectivity index (χ4n) is 1.31. The van der Waals surface area contributed by atoms with Crippen molar-refractivity contribution in [3.63, 3.8) is 0 Å². The molecule has 13 heavy (non-hydrogen) atoms. The van der Waals surface area contributed by atoms with Crippen molar-refractivity contribution in [3.05, 3.63) is 23.1 Å². The van der Waals surface area contributed by atoms with E-state index in [0.29, 0.717) is 5.56 Å². The van der Waals surface area contributed by atoms with E-state index in [1.807, 2.05) is 11.4 Å². The van der Waals surface area contributed by atoms with Gasteiger partial charge in [0, 0.05) is 17.0 Å². The fraction of sp³-hybridized carbons (Fsp3) is 0.111. The van der Waals surface area contributed by atoms with Crippen molar-refractivity contribution in [2.24, 2.45) is 0 Å². The molecule has 2 aromatic rings. The van der Waals surface area contributed by atoms with E-state index in [0.717, 1.165) is 10.1 Å². The highest BCUT2D eigenvalue weighted by Crippen LogP contribution is 2.38. The maximum atomic E-state index is 9.47. The van der Waals surface area contributed by atoms with Crippen LogP contribution in [0.1, 0.15) is 5.56 Å². The summed E-state index contributed by atoms with van der Waals surface area (Å²) in [6.45, 7) is 0. The van der Waals surface area contributed by atoms with Gasteiger partial charge >= 0.3 is 0 Å². The van der Waals surface area contributed by atoms with Gasteiger partial charge in [-0.1, -0.05) is 0 Å². The van der Waals surface area contributed by atoms with Gasteiger partial charge in [-0.3, -0.25) is 0 Å². The molecule has 0 atom stereocenters. The van der Waals surface area contributed by atoms with Crippen molar-refractivity contribution in [2.75, 3.05) is 0 Å². The molecule has 0 fully saturated rings. The number of thiophene rings is 1. The van der Waals surface area contributed by atoms with Crippen LogP contribution < -0.4 is 0 Å². The number of alkyl halides is 1. The van der Waals surface area contributed by atoms with Crippen LogP contribution in [-0.2, 0) is 5.88 Å². The molecule has 0 aliphatic rings. The first-order valence-electron chi connectivity index (χ1n) is 3.71. The Hall–Kier alpha value is -0.930. The highest BCUT2D eigenvalue weighted by atomic mass is 35.5. The van der Waals surface area contributed by atoms with Crippen LogP contribution in [0.2, 0.25) is 0 Å². The second kappa shape index (κ2) is 3.09. The Labute approximate surface area is 84.0 Å². The van der Waals surface area contributed by atoms with Crippen LogP contribution in [0.25, 0.3) is 10.1 Å². The molecule has 0 radical (unpaired) electrons. The molecule has 1 aromatic heterocycles. The van der Waals surface area contributed by atoms with Gasteiger partial charge in [0.15, 0.2) is 0 Å². The summed E-state index contributed by atoms with van der Waals surface area (Å²) in [4.78, 5) is 0. The van der Waals surface area contributed by atoms with Crippen molar-refractivity contribution < 1.29 is 10.2 Å². The van der Waals surface area contributed by atoms with E-state index >= 15 is 0 Å². The molecule has 0 saturated heterocycles. The number of phenols is 2. The van der Waals surface area contributed by atoms with Crippen molar-refractivity contribution in [3.8, 4) is 11.5 Å². The number of halogens is 1. The second-order valence-corrected chi connectivity index (χ2v) is 3.87. The molecule has 2 N–H and O–H groups in total. The summed E-state index contributed by atoms with van der Waals surface area (Å²) in [5.74, 6) is 0.411. The van der Waals surface area contributed by atoms with Crippen molar-refractivity contribution in [1.82, 2.24) is 0 Å². The summed E-state index contributed by atoms with van der Waals surface area (Å²) < 4.78 is 0.772. The number of fused-ring (bicyclic) bond motifs is 1. The van der Waals surface area contributed by atoms with Gasteiger partial charge in [-0.15, -0.1) is 22.9 Å². The molecule has 1 heterocycles. The minimum absolute atomic E-state index is 0.0541. The number of rotatable bonds is 1. The SMILES string of the molecule is Oc1cc(O)c2sccc2c1CCl. The van der Waals surface area contributed by atoms with Crippen LogP contribution in [0.5, 0.6) is 11.5 Å². The molecule has 0 bridgehead atoms. The zero-order chi connectivity index (χ0) is 9.42. The number of hydrogen-bond donors (Lipinski definition) is 2. The first kappa shape index (κ1) is 8.66.